The average Bonchev–Trinajstić information content (AvgIpc) is 0.909. The zero-order valence-electron chi connectivity index (χ0n) is 64.0. The summed E-state index contributed by atoms with van der Waals surface area (Å²) in [5.74, 6) is -2.28. The van der Waals surface area contributed by atoms with Crippen molar-refractivity contribution in [3.8, 4) is 0 Å². The van der Waals surface area contributed by atoms with Gasteiger partial charge in [0.05, 0.1) is 26.4 Å². The number of carbonyl (C=O) groups excluding carboxylic acids is 4. The van der Waals surface area contributed by atoms with E-state index >= 15 is 0 Å². The predicted octanol–water partition coefficient (Wildman–Crippen LogP) is 23.1. The molecule has 0 aromatic rings. The van der Waals surface area contributed by atoms with Crippen LogP contribution in [-0.4, -0.2) is 96.7 Å². The molecule has 0 spiro atoms. The molecule has 0 rings (SSSR count). The SMILES string of the molecule is CC/C=C\C/C=C\C/C=C\C/C=C\C/C=C\C/C=C\CCC(=O)OCC(COP(=O)(O)OCC(O)COP(=O)(O)OCC(COC(=O)CCCCCCCCC/C=C\C/C=C\C/C=C\CC)OC(=O)CCCCCCC/C=C\CCCCCC)OC(=O)CCCCCCCCCCCCCCC. The van der Waals surface area contributed by atoms with Gasteiger partial charge < -0.3 is 33.8 Å². The molecule has 3 N–H and O–H groups in total. The van der Waals surface area contributed by atoms with E-state index in [4.69, 9.17) is 37.0 Å². The van der Waals surface area contributed by atoms with Gasteiger partial charge in [-0.3, -0.25) is 37.3 Å². The molecule has 0 saturated carbocycles. The van der Waals surface area contributed by atoms with Crippen LogP contribution in [0, 0.1) is 0 Å². The number of allylic oxidation sites excluding steroid dienone is 20. The highest BCUT2D eigenvalue weighted by molar-refractivity contribution is 7.47. The average molecular weight is 1470 g/mol. The molecule has 0 heterocycles. The number of hydrogen-bond acceptors (Lipinski definition) is 15. The number of ether oxygens (including phenoxy) is 4. The fourth-order valence-electron chi connectivity index (χ4n) is 10.4. The zero-order chi connectivity index (χ0) is 74.6. The maximum Gasteiger partial charge on any atom is 0.472 e. The van der Waals surface area contributed by atoms with Crippen LogP contribution in [0.2, 0.25) is 0 Å². The molecule has 5 unspecified atom stereocenters. The third-order valence-corrected chi connectivity index (χ3v) is 18.3. The Bertz CT molecular complexity index is 2410. The molecule has 0 fully saturated rings. The summed E-state index contributed by atoms with van der Waals surface area (Å²) in [5.41, 5.74) is 0. The number of phosphoric acid groups is 2. The van der Waals surface area contributed by atoms with Gasteiger partial charge in [-0.2, -0.15) is 0 Å². The summed E-state index contributed by atoms with van der Waals surface area (Å²) in [6, 6.07) is 0. The van der Waals surface area contributed by atoms with Gasteiger partial charge in [-0.05, 0) is 122 Å². The van der Waals surface area contributed by atoms with E-state index in [9.17, 15) is 43.2 Å². The van der Waals surface area contributed by atoms with Crippen molar-refractivity contribution in [1.82, 2.24) is 0 Å². The number of phosphoric ester groups is 2. The van der Waals surface area contributed by atoms with Crippen LogP contribution in [0.5, 0.6) is 0 Å². The molecular formula is C83H142O17P2. The van der Waals surface area contributed by atoms with E-state index in [1.54, 1.807) is 0 Å². The lowest BCUT2D eigenvalue weighted by molar-refractivity contribution is -0.161. The molecule has 0 saturated heterocycles. The number of unbranched alkanes of at least 4 members (excludes halogenated alkanes) is 28. The molecule has 0 aliphatic heterocycles. The van der Waals surface area contributed by atoms with Crippen LogP contribution in [0.3, 0.4) is 0 Å². The first-order chi connectivity index (χ1) is 49.7. The highest BCUT2D eigenvalue weighted by atomic mass is 31.2. The van der Waals surface area contributed by atoms with Gasteiger partial charge in [0.15, 0.2) is 12.2 Å². The zero-order valence-corrected chi connectivity index (χ0v) is 65.8. The summed E-state index contributed by atoms with van der Waals surface area (Å²) in [6.45, 7) is 4.55. The molecule has 0 amide bonds. The van der Waals surface area contributed by atoms with Crippen molar-refractivity contribution < 1.29 is 80.2 Å². The van der Waals surface area contributed by atoms with E-state index in [2.05, 4.69) is 131 Å². The lowest BCUT2D eigenvalue weighted by atomic mass is 10.0. The molecule has 0 aliphatic carbocycles. The second-order valence-electron chi connectivity index (χ2n) is 26.2. The number of carbonyl (C=O) groups is 4. The van der Waals surface area contributed by atoms with Crippen molar-refractivity contribution in [2.45, 2.75) is 341 Å². The Labute approximate surface area is 619 Å². The molecule has 19 heteroatoms. The maximum absolute atomic E-state index is 13.1. The number of aliphatic hydroxyl groups excluding tert-OH is 1. The third-order valence-electron chi connectivity index (χ3n) is 16.4. The largest absolute Gasteiger partial charge is 0.472 e. The first-order valence-corrected chi connectivity index (χ1v) is 42.8. The van der Waals surface area contributed by atoms with E-state index in [0.29, 0.717) is 32.1 Å². The Morgan fingerprint density at radius 3 is 0.863 bits per heavy atom. The van der Waals surface area contributed by atoms with Gasteiger partial charge in [0.1, 0.15) is 19.3 Å². The predicted molar refractivity (Wildman–Crippen MR) is 418 cm³/mol. The highest BCUT2D eigenvalue weighted by Crippen LogP contribution is 2.45. The molecule has 0 aliphatic rings. The second-order valence-corrected chi connectivity index (χ2v) is 29.2. The summed E-state index contributed by atoms with van der Waals surface area (Å²) < 4.78 is 68.5. The fourth-order valence-corrected chi connectivity index (χ4v) is 12.0. The summed E-state index contributed by atoms with van der Waals surface area (Å²) in [6.07, 6.45) is 81.9. The Balaban J connectivity index is 5.39. The van der Waals surface area contributed by atoms with E-state index in [1.165, 1.54) is 77.0 Å². The number of hydrogen-bond donors (Lipinski definition) is 3. The lowest BCUT2D eigenvalue weighted by Gasteiger charge is -2.21. The minimum atomic E-state index is -4.99. The minimum absolute atomic E-state index is 0.0363. The molecule has 5 atom stereocenters. The van der Waals surface area contributed by atoms with Crippen LogP contribution in [0.25, 0.3) is 0 Å². The van der Waals surface area contributed by atoms with E-state index in [1.807, 2.05) is 18.2 Å². The first-order valence-electron chi connectivity index (χ1n) is 39.8. The van der Waals surface area contributed by atoms with Crippen molar-refractivity contribution in [2.24, 2.45) is 0 Å². The fraction of sp³-hybridized carbons (Fsp3) is 0.711. The van der Waals surface area contributed by atoms with Gasteiger partial charge in [0.2, 0.25) is 0 Å². The highest BCUT2D eigenvalue weighted by Gasteiger charge is 2.30. The van der Waals surface area contributed by atoms with Crippen molar-refractivity contribution >= 4 is 39.5 Å². The van der Waals surface area contributed by atoms with Crippen LogP contribution >= 0.6 is 15.6 Å². The van der Waals surface area contributed by atoms with Gasteiger partial charge in [-0.15, -0.1) is 0 Å². The lowest BCUT2D eigenvalue weighted by Crippen LogP contribution is -2.30. The van der Waals surface area contributed by atoms with Gasteiger partial charge in [0.25, 0.3) is 0 Å². The Morgan fingerprint density at radius 1 is 0.284 bits per heavy atom. The molecule has 0 radical (unpaired) electrons. The van der Waals surface area contributed by atoms with Gasteiger partial charge >= 0.3 is 39.5 Å². The monoisotopic (exact) mass is 1470 g/mol. The van der Waals surface area contributed by atoms with Crippen molar-refractivity contribution in [3.05, 3.63) is 122 Å². The summed E-state index contributed by atoms with van der Waals surface area (Å²) in [7, 11) is -9.98. The van der Waals surface area contributed by atoms with Gasteiger partial charge in [0, 0.05) is 25.7 Å². The van der Waals surface area contributed by atoms with E-state index < -0.39 is 97.5 Å². The molecule has 102 heavy (non-hydrogen) atoms. The normalized spacial score (nSPS) is 14.5. The molecular weight excluding hydrogens is 1330 g/mol. The topological polar surface area (TPSA) is 237 Å². The molecule has 0 aromatic carbocycles. The minimum Gasteiger partial charge on any atom is -0.462 e. The van der Waals surface area contributed by atoms with Gasteiger partial charge in [-0.25, -0.2) is 9.13 Å². The molecule has 0 aromatic heterocycles. The van der Waals surface area contributed by atoms with Crippen molar-refractivity contribution in [1.29, 1.82) is 0 Å². The van der Waals surface area contributed by atoms with Crippen LogP contribution in [-0.2, 0) is 65.4 Å². The summed E-state index contributed by atoms with van der Waals surface area (Å²) in [5, 5.41) is 10.6. The van der Waals surface area contributed by atoms with Gasteiger partial charge in [-0.1, -0.05) is 297 Å². The van der Waals surface area contributed by atoms with Crippen LogP contribution in [0.15, 0.2) is 122 Å². The third kappa shape index (κ3) is 73.8. The smallest absolute Gasteiger partial charge is 0.462 e. The number of esters is 4. The first kappa shape index (κ1) is 97.5. The quantitative estimate of drug-likeness (QED) is 0.0169. The van der Waals surface area contributed by atoms with Crippen LogP contribution < -0.4 is 0 Å². The molecule has 17 nitrogen and oxygen atoms in total. The Morgan fingerprint density at radius 2 is 0.529 bits per heavy atom. The Hall–Kier alpha value is -4.54. The van der Waals surface area contributed by atoms with Crippen LogP contribution in [0.4, 0.5) is 0 Å². The van der Waals surface area contributed by atoms with E-state index in [0.717, 1.165) is 161 Å². The Kier molecular flexibility index (Phi) is 71.4. The van der Waals surface area contributed by atoms with Crippen molar-refractivity contribution in [2.75, 3.05) is 39.6 Å². The maximum atomic E-state index is 13.1. The standard InChI is InChI=1S/C83H142O17P2/c1-5-9-13-17-21-25-29-33-35-37-38-40-42-46-48-52-56-60-64-68-81(86)94-74-79(100-83(88)70-66-62-58-54-50-44-32-28-24-20-16-12-8-4)76-98-102(91,92)96-72-77(84)71-95-101(89,90)97-75-78(99-82(87)69-65-61-57-53-49-43-31-27-23-19-15-11-7-3)73-93-80(85)67-63-59-55-51-47-45-41-39-36-34-30-26-22-18-14-10-6-2/h9-10,13-14,21-22,25-27,31,33-36,38,40,46,48,56,60,77-79,84H,5-8,11-12,15-20,23-24,28-30,32,37,39,41-45,47,49-55,57-59,61-76H2,1-4H3,(H,89,90)(H,91,92)/b13-9-,14-10-,25-21-,26-22-,31-27-,35-33-,36-34-,40-38-,48-46-,60-56-. The number of rotatable bonds is 74. The number of aliphatic hydroxyl groups is 1. The summed E-state index contributed by atoms with van der Waals surface area (Å²) >= 11 is 0. The van der Waals surface area contributed by atoms with E-state index in [-0.39, 0.29) is 25.7 Å². The van der Waals surface area contributed by atoms with Crippen molar-refractivity contribution in [3.63, 3.8) is 0 Å². The second kappa shape index (κ2) is 74.7. The molecule has 0 bridgehead atoms. The molecule has 586 valence electrons. The van der Waals surface area contributed by atoms with Crippen LogP contribution in [0.1, 0.15) is 323 Å². The summed E-state index contributed by atoms with van der Waals surface area (Å²) in [4.78, 5) is 72.9.